The number of nitrogens with zero attached hydrogens (tertiary/aromatic N) is 2. The summed E-state index contributed by atoms with van der Waals surface area (Å²) in [6, 6.07) is 12.0. The quantitative estimate of drug-likeness (QED) is 0.665. The molecule has 1 amide bonds. The second-order valence-electron chi connectivity index (χ2n) is 6.27. The molecular weight excluding hydrogens is 398 g/mol. The number of ether oxygens (including phenoxy) is 1. The summed E-state index contributed by atoms with van der Waals surface area (Å²) >= 11 is 1.25. The van der Waals surface area contributed by atoms with Crippen LogP contribution in [-0.2, 0) is 26.1 Å². The van der Waals surface area contributed by atoms with E-state index in [2.05, 4.69) is 9.71 Å². The molecule has 1 heterocycles. The van der Waals surface area contributed by atoms with Gasteiger partial charge in [-0.1, -0.05) is 29.0 Å². The number of thiazole rings is 1. The normalized spacial score (nSPS) is 12.5. The third-order valence-corrected chi connectivity index (χ3v) is 6.48. The summed E-state index contributed by atoms with van der Waals surface area (Å²) in [7, 11) is -2.26. The average molecular weight is 420 g/mol. The molecule has 7 nitrogen and oxygen atoms in total. The van der Waals surface area contributed by atoms with Crippen molar-refractivity contribution in [2.75, 3.05) is 19.0 Å². The zero-order chi connectivity index (χ0) is 20.3. The Labute approximate surface area is 167 Å². The number of amides is 1. The lowest BCUT2D eigenvalue weighted by atomic mass is 10.2. The number of methoxy groups -OCH3 is 1. The lowest BCUT2D eigenvalue weighted by molar-refractivity contribution is -0.114. The van der Waals surface area contributed by atoms with Gasteiger partial charge >= 0.3 is 0 Å². The maximum Gasteiger partial charge on any atom is 0.285 e. The largest absolute Gasteiger partial charge is 0.383 e. The van der Waals surface area contributed by atoms with Crippen LogP contribution in [0.4, 0.5) is 5.69 Å². The molecule has 0 aliphatic rings. The van der Waals surface area contributed by atoms with E-state index in [-0.39, 0.29) is 10.8 Å². The Balaban J connectivity index is 2.15. The smallest absolute Gasteiger partial charge is 0.285 e. The van der Waals surface area contributed by atoms with E-state index in [1.165, 1.54) is 18.3 Å². The van der Waals surface area contributed by atoms with E-state index in [4.69, 9.17) is 4.74 Å². The van der Waals surface area contributed by atoms with Crippen molar-refractivity contribution in [3.05, 3.63) is 52.8 Å². The molecule has 0 bridgehead atoms. The Hall–Kier alpha value is -2.49. The predicted octanol–water partition coefficient (Wildman–Crippen LogP) is 2.91. The van der Waals surface area contributed by atoms with Gasteiger partial charge in [0.2, 0.25) is 10.7 Å². The van der Waals surface area contributed by atoms with Gasteiger partial charge in [0.1, 0.15) is 0 Å². The minimum absolute atomic E-state index is 0.146. The highest BCUT2D eigenvalue weighted by molar-refractivity contribution is 7.90. The molecule has 9 heteroatoms. The molecule has 0 atom stereocenters. The number of aromatic nitrogens is 1. The van der Waals surface area contributed by atoms with Crippen LogP contribution in [0.2, 0.25) is 0 Å². The second kappa shape index (κ2) is 8.26. The van der Waals surface area contributed by atoms with Crippen LogP contribution in [0.5, 0.6) is 0 Å². The Morgan fingerprint density at radius 2 is 1.93 bits per heavy atom. The van der Waals surface area contributed by atoms with Crippen LogP contribution in [0.25, 0.3) is 10.2 Å². The molecule has 0 spiro atoms. The minimum atomic E-state index is -3.85. The minimum Gasteiger partial charge on any atom is -0.383 e. The number of hydrogen-bond donors (Lipinski definition) is 1. The van der Waals surface area contributed by atoms with Gasteiger partial charge in [0.15, 0.2) is 0 Å². The molecule has 1 N–H and O–H groups in total. The van der Waals surface area contributed by atoms with E-state index in [0.717, 1.165) is 15.8 Å². The fraction of sp³-hybridized carbons (Fsp3) is 0.263. The molecule has 1 aromatic heterocycles. The zero-order valence-corrected chi connectivity index (χ0v) is 17.4. The van der Waals surface area contributed by atoms with Crippen LogP contribution in [0.3, 0.4) is 0 Å². The van der Waals surface area contributed by atoms with Gasteiger partial charge < -0.3 is 14.6 Å². The first-order valence-electron chi connectivity index (χ1n) is 8.58. The van der Waals surface area contributed by atoms with Gasteiger partial charge in [0.25, 0.3) is 10.0 Å². The second-order valence-corrected chi connectivity index (χ2v) is 8.89. The highest BCUT2D eigenvalue weighted by atomic mass is 32.2. The summed E-state index contributed by atoms with van der Waals surface area (Å²) in [5, 5.41) is 2.73. The molecule has 0 saturated carbocycles. The molecular formula is C19H21N3O4S2. The Morgan fingerprint density at radius 3 is 2.57 bits per heavy atom. The van der Waals surface area contributed by atoms with Crippen LogP contribution < -0.4 is 10.1 Å². The number of sulfonamides is 1. The Morgan fingerprint density at radius 1 is 1.21 bits per heavy atom. The molecule has 0 aliphatic heterocycles. The van der Waals surface area contributed by atoms with Crippen molar-refractivity contribution in [2.45, 2.75) is 25.3 Å². The third kappa shape index (κ3) is 4.49. The number of carbonyl (C=O) groups is 1. The summed E-state index contributed by atoms with van der Waals surface area (Å²) in [6.45, 7) is 4.20. The first-order chi connectivity index (χ1) is 13.3. The molecule has 0 saturated heterocycles. The molecule has 28 heavy (non-hydrogen) atoms. The summed E-state index contributed by atoms with van der Waals surface area (Å²) in [5.74, 6) is -0.171. The van der Waals surface area contributed by atoms with Crippen LogP contribution in [0.15, 0.2) is 51.8 Å². The van der Waals surface area contributed by atoms with Crippen LogP contribution in [0, 0.1) is 6.92 Å². The van der Waals surface area contributed by atoms with Crippen LogP contribution in [-0.4, -0.2) is 32.6 Å². The van der Waals surface area contributed by atoms with Crippen molar-refractivity contribution in [2.24, 2.45) is 4.40 Å². The number of benzene rings is 2. The summed E-state index contributed by atoms with van der Waals surface area (Å²) in [6.07, 6.45) is 0. The average Bonchev–Trinajstić information content (AvgIpc) is 2.95. The summed E-state index contributed by atoms with van der Waals surface area (Å²) in [5.41, 5.74) is 2.45. The lowest BCUT2D eigenvalue weighted by Gasteiger charge is -2.06. The fourth-order valence-corrected chi connectivity index (χ4v) is 4.99. The third-order valence-electron chi connectivity index (χ3n) is 4.04. The van der Waals surface area contributed by atoms with Gasteiger partial charge in [0, 0.05) is 26.3 Å². The molecule has 0 radical (unpaired) electrons. The number of rotatable bonds is 6. The molecule has 0 fully saturated rings. The fourth-order valence-electron chi connectivity index (χ4n) is 2.69. The van der Waals surface area contributed by atoms with E-state index in [1.54, 1.807) is 37.4 Å². The van der Waals surface area contributed by atoms with Gasteiger partial charge in [-0.15, -0.1) is 4.40 Å². The van der Waals surface area contributed by atoms with E-state index in [9.17, 15) is 13.2 Å². The van der Waals surface area contributed by atoms with Gasteiger partial charge in [-0.25, -0.2) is 0 Å². The van der Waals surface area contributed by atoms with Crippen LogP contribution in [0.1, 0.15) is 12.5 Å². The molecule has 2 aromatic carbocycles. The number of fused-ring (bicyclic) bond motifs is 1. The molecule has 148 valence electrons. The number of hydrogen-bond acceptors (Lipinski definition) is 5. The molecule has 3 rings (SSSR count). The monoisotopic (exact) mass is 419 g/mol. The van der Waals surface area contributed by atoms with Crippen molar-refractivity contribution in [3.8, 4) is 0 Å². The standard InChI is InChI=1S/C19H21N3O4S2/c1-13-4-7-16(8-5-13)28(24,25)21-19-22(10-11-26-3)17-9-6-15(20-14(2)23)12-18(17)27-19/h4-9,12H,10-11H2,1-3H3,(H,20,23). The first-order valence-corrected chi connectivity index (χ1v) is 10.8. The SMILES string of the molecule is COCCn1c(=NS(=O)(=O)c2ccc(C)cc2)sc2cc(NC(C)=O)ccc21. The van der Waals surface area contributed by atoms with Crippen molar-refractivity contribution < 1.29 is 17.9 Å². The van der Waals surface area contributed by atoms with Crippen molar-refractivity contribution in [1.29, 1.82) is 0 Å². The Bertz CT molecular complexity index is 1180. The zero-order valence-electron chi connectivity index (χ0n) is 15.8. The van der Waals surface area contributed by atoms with E-state index in [0.29, 0.717) is 23.6 Å². The van der Waals surface area contributed by atoms with Gasteiger partial charge in [-0.3, -0.25) is 4.79 Å². The van der Waals surface area contributed by atoms with Crippen molar-refractivity contribution in [3.63, 3.8) is 0 Å². The van der Waals surface area contributed by atoms with Crippen molar-refractivity contribution >= 4 is 43.2 Å². The molecule has 0 aliphatic carbocycles. The summed E-state index contributed by atoms with van der Waals surface area (Å²) in [4.78, 5) is 11.8. The number of anilines is 1. The van der Waals surface area contributed by atoms with Gasteiger partial charge in [-0.2, -0.15) is 8.42 Å². The number of aryl methyl sites for hydroxylation is 1. The van der Waals surface area contributed by atoms with Crippen LogP contribution >= 0.6 is 11.3 Å². The van der Waals surface area contributed by atoms with Gasteiger partial charge in [-0.05, 0) is 37.3 Å². The summed E-state index contributed by atoms with van der Waals surface area (Å²) < 4.78 is 37.4. The van der Waals surface area contributed by atoms with E-state index < -0.39 is 10.0 Å². The highest BCUT2D eigenvalue weighted by Crippen LogP contribution is 2.23. The maximum absolute atomic E-state index is 12.8. The number of nitrogens with one attached hydrogen (secondary N) is 1. The number of carbonyl (C=O) groups excluding carboxylic acids is 1. The highest BCUT2D eigenvalue weighted by Gasteiger charge is 2.15. The Kier molecular flexibility index (Phi) is 5.97. The van der Waals surface area contributed by atoms with E-state index in [1.807, 2.05) is 23.6 Å². The van der Waals surface area contributed by atoms with Gasteiger partial charge in [0.05, 0.1) is 21.7 Å². The lowest BCUT2D eigenvalue weighted by Crippen LogP contribution is -2.19. The van der Waals surface area contributed by atoms with E-state index >= 15 is 0 Å². The molecule has 3 aromatic rings. The molecule has 0 unspecified atom stereocenters. The first kappa shape index (κ1) is 20.2. The predicted molar refractivity (Wildman–Crippen MR) is 110 cm³/mol. The van der Waals surface area contributed by atoms with Crippen molar-refractivity contribution in [1.82, 2.24) is 4.57 Å². The topological polar surface area (TPSA) is 89.8 Å². The maximum atomic E-state index is 12.8.